The topological polar surface area (TPSA) is 155 Å². The molecule has 0 bridgehead atoms. The number of rotatable bonds is 12. The van der Waals surface area contributed by atoms with Crippen LogP contribution in [0.1, 0.15) is 0 Å². The van der Waals surface area contributed by atoms with E-state index < -0.39 is 0 Å². The highest BCUT2D eigenvalue weighted by atomic mass is 16.3. The first kappa shape index (κ1) is 64.5. The van der Waals surface area contributed by atoms with Crippen LogP contribution in [0.2, 0.25) is 0 Å². The number of aromatic nitrogens is 10. The molecule has 0 saturated heterocycles. The third-order valence-corrected chi connectivity index (χ3v) is 20.3. The zero-order valence-electron chi connectivity index (χ0n) is 58.9. The zero-order chi connectivity index (χ0) is 72.9. The Morgan fingerprint density at radius 1 is 0.218 bits per heavy atom. The lowest BCUT2D eigenvalue weighted by atomic mass is 9.96. The number of benzene rings is 15. The normalized spacial score (nSPS) is 11.5. The Balaban J connectivity index is 0.000000144. The van der Waals surface area contributed by atoms with Crippen LogP contribution in [0.25, 0.3) is 212 Å². The molecule has 0 N–H and O–H groups in total. The van der Waals surface area contributed by atoms with E-state index in [1.807, 2.05) is 128 Å². The molecule has 21 aromatic rings. The fourth-order valence-electron chi connectivity index (χ4n) is 14.6. The van der Waals surface area contributed by atoms with Crippen molar-refractivity contribution < 1.29 is 8.83 Å². The lowest BCUT2D eigenvalue weighted by Crippen LogP contribution is -2.00. The molecule has 0 aliphatic carbocycles. The summed E-state index contributed by atoms with van der Waals surface area (Å²) in [6, 6.07) is 121. The quantitative estimate of drug-likeness (QED) is 0.114. The summed E-state index contributed by atoms with van der Waals surface area (Å²) in [5.41, 5.74) is 25.3. The molecular weight excluding hydrogens is 1350 g/mol. The number of hydrogen-bond donors (Lipinski definition) is 0. The van der Waals surface area contributed by atoms with Gasteiger partial charge < -0.3 is 8.83 Å². The van der Waals surface area contributed by atoms with Gasteiger partial charge in [0, 0.05) is 55.9 Å². The summed E-state index contributed by atoms with van der Waals surface area (Å²) in [4.78, 5) is 48.3. The van der Waals surface area contributed by atoms with Crippen molar-refractivity contribution in [3.63, 3.8) is 0 Å². The Bertz CT molecular complexity index is 7030. The van der Waals surface area contributed by atoms with Gasteiger partial charge in [-0.05, 0) is 114 Å². The van der Waals surface area contributed by atoms with Gasteiger partial charge in [-0.1, -0.05) is 309 Å². The van der Waals surface area contributed by atoms with Gasteiger partial charge in [-0.2, -0.15) is 0 Å². The van der Waals surface area contributed by atoms with Crippen molar-refractivity contribution in [2.45, 2.75) is 0 Å². The third kappa shape index (κ3) is 12.4. The Kier molecular flexibility index (Phi) is 16.2. The molecule has 0 aliphatic rings. The van der Waals surface area contributed by atoms with E-state index in [9.17, 15) is 0 Å². The standard InChI is InChI=1S/C51H31N5O.C47H29N5O/c1-3-9-32(10-4-1)33-19-23-38(24-20-33)49-54-48(37-11-5-2-6-12-37)55-50(56-49)39-25-21-35(22-26-39)34-15-17-36(18-16-34)40-27-29-42-41(31-40)28-30-45-46(42)47-51(57-45)53-44-14-8-7-13-43(44)52-47;1-3-10-30(11-4-1)31-18-22-34(23-19-31)46-50-45(33-12-5-2-6-13-33)51-47(52-46)35-24-20-32(21-25-35)36-14-9-15-37(26-36)40-27-38-28-48-29-49-43(38)42-39-16-7-8-17-41(39)53-44(40)42/h1-31H;1-29H. The van der Waals surface area contributed by atoms with Crippen molar-refractivity contribution in [2.75, 3.05) is 0 Å². The maximum Gasteiger partial charge on any atom is 0.246 e. The van der Waals surface area contributed by atoms with Crippen LogP contribution in [0.15, 0.2) is 373 Å². The Hall–Kier alpha value is -15.1. The van der Waals surface area contributed by atoms with E-state index in [0.29, 0.717) is 40.7 Å². The molecule has 12 nitrogen and oxygen atoms in total. The van der Waals surface area contributed by atoms with E-state index in [4.69, 9.17) is 48.7 Å². The van der Waals surface area contributed by atoms with Crippen molar-refractivity contribution in [1.82, 2.24) is 49.8 Å². The van der Waals surface area contributed by atoms with Crippen LogP contribution in [0.3, 0.4) is 0 Å². The zero-order valence-corrected chi connectivity index (χ0v) is 58.9. The molecule has 12 heteroatoms. The van der Waals surface area contributed by atoms with Crippen molar-refractivity contribution in [3.05, 3.63) is 364 Å². The lowest BCUT2D eigenvalue weighted by molar-refractivity contribution is 0.655. The maximum absolute atomic E-state index is 6.49. The molecule has 0 aliphatic heterocycles. The second-order valence-electron chi connectivity index (χ2n) is 27.1. The van der Waals surface area contributed by atoms with E-state index in [0.717, 1.165) is 160 Å². The average molecular weight is 1410 g/mol. The van der Waals surface area contributed by atoms with Crippen LogP contribution in [0.4, 0.5) is 0 Å². The minimum atomic E-state index is 0.559. The number of fused-ring (bicyclic) bond motifs is 11. The van der Waals surface area contributed by atoms with E-state index in [-0.39, 0.29) is 0 Å². The predicted molar refractivity (Wildman–Crippen MR) is 443 cm³/mol. The number of furan rings is 2. The minimum absolute atomic E-state index is 0.559. The van der Waals surface area contributed by atoms with Gasteiger partial charge in [0.1, 0.15) is 28.6 Å². The smallest absolute Gasteiger partial charge is 0.246 e. The molecule has 0 spiro atoms. The van der Waals surface area contributed by atoms with Crippen LogP contribution < -0.4 is 0 Å². The first-order valence-corrected chi connectivity index (χ1v) is 36.4. The summed E-state index contributed by atoms with van der Waals surface area (Å²) >= 11 is 0. The summed E-state index contributed by atoms with van der Waals surface area (Å²) in [7, 11) is 0. The Morgan fingerprint density at radius 3 is 1.10 bits per heavy atom. The second-order valence-corrected chi connectivity index (χ2v) is 27.1. The summed E-state index contributed by atoms with van der Waals surface area (Å²) in [6.45, 7) is 0. The highest BCUT2D eigenvalue weighted by Gasteiger charge is 2.21. The molecule has 0 radical (unpaired) electrons. The summed E-state index contributed by atoms with van der Waals surface area (Å²) in [5.74, 6) is 3.78. The van der Waals surface area contributed by atoms with Crippen molar-refractivity contribution >= 4 is 76.8 Å². The molecule has 6 aromatic heterocycles. The summed E-state index contributed by atoms with van der Waals surface area (Å²) in [6.07, 6.45) is 3.46. The average Bonchev–Trinajstić information content (AvgIpc) is 1.58. The van der Waals surface area contributed by atoms with E-state index >= 15 is 0 Å². The van der Waals surface area contributed by atoms with Gasteiger partial charge in [-0.15, -0.1) is 0 Å². The highest BCUT2D eigenvalue weighted by Crippen LogP contribution is 2.43. The predicted octanol–water partition coefficient (Wildman–Crippen LogP) is 24.6. The molecule has 0 atom stereocenters. The third-order valence-electron chi connectivity index (χ3n) is 20.3. The molecule has 6 heterocycles. The first-order chi connectivity index (χ1) is 54.4. The molecule has 0 amide bonds. The second kappa shape index (κ2) is 27.7. The Morgan fingerprint density at radius 2 is 0.600 bits per heavy atom. The highest BCUT2D eigenvalue weighted by molar-refractivity contribution is 6.21. The van der Waals surface area contributed by atoms with Gasteiger partial charge in [0.25, 0.3) is 0 Å². The van der Waals surface area contributed by atoms with E-state index in [2.05, 4.69) is 240 Å². The van der Waals surface area contributed by atoms with Gasteiger partial charge in [0.15, 0.2) is 34.9 Å². The van der Waals surface area contributed by atoms with Gasteiger partial charge in [-0.25, -0.2) is 49.8 Å². The largest absolute Gasteiger partial charge is 0.455 e. The van der Waals surface area contributed by atoms with Crippen LogP contribution in [-0.2, 0) is 0 Å². The molecule has 0 fully saturated rings. The molecule has 514 valence electrons. The Labute approximate surface area is 631 Å². The fourth-order valence-corrected chi connectivity index (χ4v) is 14.6. The monoisotopic (exact) mass is 1410 g/mol. The maximum atomic E-state index is 6.49. The first-order valence-electron chi connectivity index (χ1n) is 36.4. The van der Waals surface area contributed by atoms with E-state index in [1.54, 1.807) is 6.33 Å². The number of hydrogen-bond acceptors (Lipinski definition) is 12. The molecule has 15 aromatic carbocycles. The van der Waals surface area contributed by atoms with Crippen LogP contribution >= 0.6 is 0 Å². The van der Waals surface area contributed by atoms with Gasteiger partial charge in [0.05, 0.1) is 27.3 Å². The minimum Gasteiger partial charge on any atom is -0.455 e. The SMILES string of the molecule is c1ccc(-c2ccc(-c3nc(-c4ccccc4)nc(-c4ccc(-c5ccc(-c6ccc7c(ccc8oc9nc%10ccccc%10nc9c87)c6)cc5)cc4)n3)cc2)cc1.c1ccc(-c2ccc(-c3nc(-c4ccccc4)nc(-c4ccc(-c5cccc(-c6cc7cncnc7c7c6oc6ccccc67)c5)cc4)n3)cc2)cc1. The summed E-state index contributed by atoms with van der Waals surface area (Å²) in [5, 5.41) is 6.23. The summed E-state index contributed by atoms with van der Waals surface area (Å²) < 4.78 is 12.6. The molecule has 110 heavy (non-hydrogen) atoms. The van der Waals surface area contributed by atoms with Gasteiger partial charge in [-0.3, -0.25) is 0 Å². The molecular formula is C98H60N10O2. The van der Waals surface area contributed by atoms with Crippen LogP contribution in [0.5, 0.6) is 0 Å². The molecule has 21 rings (SSSR count). The number of nitrogens with zero attached hydrogens (tertiary/aromatic N) is 10. The van der Waals surface area contributed by atoms with E-state index in [1.165, 1.54) is 11.1 Å². The number of para-hydroxylation sites is 3. The van der Waals surface area contributed by atoms with Gasteiger partial charge >= 0.3 is 0 Å². The van der Waals surface area contributed by atoms with Crippen molar-refractivity contribution in [1.29, 1.82) is 0 Å². The fraction of sp³-hybridized carbons (Fsp3) is 0. The molecule has 0 saturated carbocycles. The lowest BCUT2D eigenvalue weighted by Gasteiger charge is -2.11. The van der Waals surface area contributed by atoms with Crippen LogP contribution in [0, 0.1) is 0 Å². The molecule has 0 unspecified atom stereocenters. The van der Waals surface area contributed by atoms with Crippen molar-refractivity contribution in [3.8, 4) is 135 Å². The van der Waals surface area contributed by atoms with Gasteiger partial charge in [0.2, 0.25) is 5.71 Å². The van der Waals surface area contributed by atoms with Crippen LogP contribution in [-0.4, -0.2) is 49.8 Å². The van der Waals surface area contributed by atoms with Crippen molar-refractivity contribution in [2.24, 2.45) is 0 Å².